The summed E-state index contributed by atoms with van der Waals surface area (Å²) in [5.41, 5.74) is 2.37. The highest BCUT2D eigenvalue weighted by atomic mass is 32.1. The zero-order valence-corrected chi connectivity index (χ0v) is 17.3. The predicted molar refractivity (Wildman–Crippen MR) is 112 cm³/mol. The van der Waals surface area contributed by atoms with E-state index in [1.165, 1.54) is 5.56 Å². The number of hydrogen-bond donors (Lipinski definition) is 2. The summed E-state index contributed by atoms with van der Waals surface area (Å²) in [6.45, 7) is 6.73. The molecule has 2 N–H and O–H groups in total. The number of likely N-dealkylation sites (N-methyl/N-ethyl adjacent to an activating group) is 1. The molecule has 1 aromatic heterocycles. The number of piperazine rings is 1. The number of thiophene rings is 1. The Labute approximate surface area is 170 Å². The Morgan fingerprint density at radius 2 is 1.71 bits per heavy atom. The number of nitrogens with one attached hydrogen (secondary N) is 2. The monoisotopic (exact) mass is 400 g/mol. The standard InChI is InChI=1S/C21H28N4O2S/c1-16-5-7-17(8-6-16)19(25-11-9-24(2)10-12-25)15-23-21(27)20(26)22-14-18-4-3-13-28-18/h3-8,13,19H,9-12,14-15H2,1-2H3,(H,22,26)(H,23,27)/t19-/m1/s1. The first-order chi connectivity index (χ1) is 13.5. The maximum atomic E-state index is 12.3. The number of rotatable bonds is 6. The molecule has 1 fully saturated rings. The number of carbonyl (C=O) groups excluding carboxylic acids is 2. The van der Waals surface area contributed by atoms with Crippen LogP contribution >= 0.6 is 11.3 Å². The Morgan fingerprint density at radius 1 is 1.04 bits per heavy atom. The van der Waals surface area contributed by atoms with Crippen LogP contribution < -0.4 is 10.6 Å². The van der Waals surface area contributed by atoms with E-state index in [1.807, 2.05) is 17.5 Å². The molecule has 1 aliphatic rings. The minimum absolute atomic E-state index is 0.0587. The summed E-state index contributed by atoms with van der Waals surface area (Å²) >= 11 is 1.56. The maximum absolute atomic E-state index is 12.3. The van der Waals surface area contributed by atoms with E-state index < -0.39 is 11.8 Å². The first-order valence-corrected chi connectivity index (χ1v) is 10.5. The lowest BCUT2D eigenvalue weighted by molar-refractivity contribution is -0.139. The number of aryl methyl sites for hydroxylation is 1. The van der Waals surface area contributed by atoms with Crippen molar-refractivity contribution < 1.29 is 9.59 Å². The van der Waals surface area contributed by atoms with Crippen LogP contribution in [-0.4, -0.2) is 61.4 Å². The van der Waals surface area contributed by atoms with E-state index in [9.17, 15) is 9.59 Å². The number of nitrogens with zero attached hydrogens (tertiary/aromatic N) is 2. The quantitative estimate of drug-likeness (QED) is 0.726. The second-order valence-corrected chi connectivity index (χ2v) is 8.27. The van der Waals surface area contributed by atoms with E-state index in [-0.39, 0.29) is 6.04 Å². The van der Waals surface area contributed by atoms with Gasteiger partial charge in [0.2, 0.25) is 0 Å². The molecule has 0 aliphatic carbocycles. The minimum Gasteiger partial charge on any atom is -0.346 e. The van der Waals surface area contributed by atoms with E-state index >= 15 is 0 Å². The molecule has 2 amide bonds. The summed E-state index contributed by atoms with van der Waals surface area (Å²) in [4.78, 5) is 30.1. The number of hydrogen-bond acceptors (Lipinski definition) is 5. The first-order valence-electron chi connectivity index (χ1n) is 9.60. The second-order valence-electron chi connectivity index (χ2n) is 7.24. The van der Waals surface area contributed by atoms with Crippen LogP contribution in [0.2, 0.25) is 0 Å². The predicted octanol–water partition coefficient (Wildman–Crippen LogP) is 1.78. The van der Waals surface area contributed by atoms with Crippen molar-refractivity contribution in [2.75, 3.05) is 39.8 Å². The molecule has 2 heterocycles. The summed E-state index contributed by atoms with van der Waals surface area (Å²) in [6.07, 6.45) is 0. The number of amides is 2. The molecule has 1 aliphatic heterocycles. The molecule has 0 saturated carbocycles. The highest BCUT2D eigenvalue weighted by Gasteiger charge is 2.25. The molecule has 2 aromatic rings. The summed E-state index contributed by atoms with van der Waals surface area (Å²) in [7, 11) is 2.12. The summed E-state index contributed by atoms with van der Waals surface area (Å²) in [6, 6.07) is 12.3. The van der Waals surface area contributed by atoms with Gasteiger partial charge in [0.25, 0.3) is 0 Å². The van der Waals surface area contributed by atoms with Crippen LogP contribution in [0.1, 0.15) is 22.0 Å². The third kappa shape index (κ3) is 5.64. The molecule has 1 saturated heterocycles. The van der Waals surface area contributed by atoms with Crippen molar-refractivity contribution in [3.05, 3.63) is 57.8 Å². The normalized spacial score (nSPS) is 16.5. The fraction of sp³-hybridized carbons (Fsp3) is 0.429. The Balaban J connectivity index is 1.59. The van der Waals surface area contributed by atoms with Crippen molar-refractivity contribution in [3.8, 4) is 0 Å². The third-order valence-corrected chi connectivity index (χ3v) is 5.98. The molecule has 0 radical (unpaired) electrons. The van der Waals surface area contributed by atoms with E-state index in [2.05, 4.69) is 58.7 Å². The van der Waals surface area contributed by atoms with Crippen molar-refractivity contribution in [1.82, 2.24) is 20.4 Å². The van der Waals surface area contributed by atoms with Crippen molar-refractivity contribution in [1.29, 1.82) is 0 Å². The lowest BCUT2D eigenvalue weighted by atomic mass is 10.0. The molecule has 0 spiro atoms. The van der Waals surface area contributed by atoms with Gasteiger partial charge >= 0.3 is 11.8 Å². The average molecular weight is 401 g/mol. The Morgan fingerprint density at radius 3 is 2.36 bits per heavy atom. The Bertz CT molecular complexity index is 768. The zero-order chi connectivity index (χ0) is 19.9. The molecule has 6 nitrogen and oxygen atoms in total. The van der Waals surface area contributed by atoms with Gasteiger partial charge in [0.15, 0.2) is 0 Å². The topological polar surface area (TPSA) is 64.7 Å². The summed E-state index contributed by atoms with van der Waals surface area (Å²) in [5, 5.41) is 7.46. The SMILES string of the molecule is Cc1ccc([C@@H](CNC(=O)C(=O)NCc2cccs2)N2CCN(C)CC2)cc1. The van der Waals surface area contributed by atoms with E-state index in [4.69, 9.17) is 0 Å². The van der Waals surface area contributed by atoms with Gasteiger partial charge in [0.05, 0.1) is 12.6 Å². The van der Waals surface area contributed by atoms with Crippen LogP contribution in [-0.2, 0) is 16.1 Å². The van der Waals surface area contributed by atoms with Gasteiger partial charge in [0.1, 0.15) is 0 Å². The lowest BCUT2D eigenvalue weighted by Gasteiger charge is -2.38. The molecular formula is C21H28N4O2S. The average Bonchev–Trinajstić information content (AvgIpc) is 3.22. The second kappa shape index (κ2) is 9.82. The molecule has 0 unspecified atom stereocenters. The molecule has 7 heteroatoms. The molecule has 3 rings (SSSR count). The first kappa shape index (κ1) is 20.5. The molecular weight excluding hydrogens is 372 g/mol. The highest BCUT2D eigenvalue weighted by molar-refractivity contribution is 7.09. The van der Waals surface area contributed by atoms with Gasteiger partial charge in [-0.25, -0.2) is 0 Å². The zero-order valence-electron chi connectivity index (χ0n) is 16.5. The van der Waals surface area contributed by atoms with Crippen molar-refractivity contribution in [2.45, 2.75) is 19.5 Å². The van der Waals surface area contributed by atoms with Gasteiger partial charge < -0.3 is 15.5 Å². The largest absolute Gasteiger partial charge is 0.346 e. The van der Waals surface area contributed by atoms with Crippen molar-refractivity contribution in [3.63, 3.8) is 0 Å². The van der Waals surface area contributed by atoms with Gasteiger partial charge in [-0.15, -0.1) is 11.3 Å². The minimum atomic E-state index is -0.588. The van der Waals surface area contributed by atoms with Gasteiger partial charge in [0, 0.05) is 37.6 Å². The van der Waals surface area contributed by atoms with Gasteiger partial charge in [-0.05, 0) is 31.0 Å². The lowest BCUT2D eigenvalue weighted by Crippen LogP contribution is -2.49. The third-order valence-electron chi connectivity index (χ3n) is 5.11. The molecule has 0 bridgehead atoms. The van der Waals surface area contributed by atoms with E-state index in [0.29, 0.717) is 13.1 Å². The van der Waals surface area contributed by atoms with Crippen LogP contribution in [0.25, 0.3) is 0 Å². The fourth-order valence-corrected chi connectivity index (χ4v) is 3.96. The van der Waals surface area contributed by atoms with Crippen LogP contribution in [0, 0.1) is 6.92 Å². The molecule has 1 aromatic carbocycles. The fourth-order valence-electron chi connectivity index (χ4n) is 3.31. The maximum Gasteiger partial charge on any atom is 0.309 e. The number of carbonyl (C=O) groups is 2. The smallest absolute Gasteiger partial charge is 0.309 e. The van der Waals surface area contributed by atoms with Crippen molar-refractivity contribution in [2.24, 2.45) is 0 Å². The molecule has 1 atom stereocenters. The Hall–Kier alpha value is -2.22. The van der Waals surface area contributed by atoms with Gasteiger partial charge in [-0.3, -0.25) is 14.5 Å². The van der Waals surface area contributed by atoms with E-state index in [0.717, 1.165) is 36.6 Å². The van der Waals surface area contributed by atoms with E-state index in [1.54, 1.807) is 11.3 Å². The Kier molecular flexibility index (Phi) is 7.19. The molecule has 150 valence electrons. The van der Waals surface area contributed by atoms with Crippen LogP contribution in [0.15, 0.2) is 41.8 Å². The van der Waals surface area contributed by atoms with Crippen LogP contribution in [0.4, 0.5) is 0 Å². The van der Waals surface area contributed by atoms with Gasteiger partial charge in [-0.2, -0.15) is 0 Å². The highest BCUT2D eigenvalue weighted by Crippen LogP contribution is 2.22. The summed E-state index contributed by atoms with van der Waals surface area (Å²) in [5.74, 6) is -1.17. The van der Waals surface area contributed by atoms with Crippen molar-refractivity contribution >= 4 is 23.2 Å². The number of benzene rings is 1. The molecule has 28 heavy (non-hydrogen) atoms. The van der Waals surface area contributed by atoms with Gasteiger partial charge in [-0.1, -0.05) is 35.9 Å². The summed E-state index contributed by atoms with van der Waals surface area (Å²) < 4.78 is 0. The van der Waals surface area contributed by atoms with Crippen LogP contribution in [0.3, 0.4) is 0 Å². The van der Waals surface area contributed by atoms with Crippen LogP contribution in [0.5, 0.6) is 0 Å².